The zero-order valence-corrected chi connectivity index (χ0v) is 39.0. The van der Waals surface area contributed by atoms with Crippen LogP contribution in [0.15, 0.2) is 4.99 Å². The molecule has 0 aromatic rings. The van der Waals surface area contributed by atoms with Gasteiger partial charge in [-0.2, -0.15) is 12.6 Å². The second kappa shape index (κ2) is 33.2. The van der Waals surface area contributed by atoms with Gasteiger partial charge in [-0.3, -0.25) is 52.9 Å². The summed E-state index contributed by atoms with van der Waals surface area (Å²) < 4.78 is 0. The summed E-state index contributed by atoms with van der Waals surface area (Å²) in [7, 11) is 0. The van der Waals surface area contributed by atoms with E-state index in [0.717, 1.165) is 0 Å². The number of hydrogen-bond acceptors (Lipinski definition) is 16. The molecule has 68 heavy (non-hydrogen) atoms. The van der Waals surface area contributed by atoms with Crippen molar-refractivity contribution < 1.29 is 73.2 Å². The Hall–Kier alpha value is -6.33. The van der Waals surface area contributed by atoms with Crippen LogP contribution in [0, 0.1) is 5.92 Å². The standard InChI is InChI=1S/C39H69N13O15S/c1-3-19(2)30(52-35(63)24(16-28(55)56)48-31(59)20(42)9-4-6-12-40)37(65)47-22(11-8-14-45-39(43)44)33(61)51-26(18-68)36(64)46-21(10-5-7-13-41)32(60)49-23(15-27(53)54)34(62)50-25(38(66)67)17-29(57)58/h19-26,30,68H,3-18,40-42H2,1-2H3,(H,46,64)(H,47,65)(H,48,59)(H,49,60)(H,50,62)(H,51,61)(H,52,63)(H,53,54)(H,55,56)(H,57,58)(H,66,67)(H4,43,44,45)/t19-,20-,21-,22-,23-,24-,25-,26-,30-/m0/s1. The van der Waals surface area contributed by atoms with Crippen LogP contribution in [-0.2, 0) is 52.7 Å². The van der Waals surface area contributed by atoms with E-state index in [1.165, 1.54) is 0 Å². The average molecular weight is 992 g/mol. The van der Waals surface area contributed by atoms with Gasteiger partial charge < -0.3 is 86.3 Å². The van der Waals surface area contributed by atoms with E-state index < -0.39 is 144 Å². The highest BCUT2D eigenvalue weighted by molar-refractivity contribution is 7.80. The zero-order valence-electron chi connectivity index (χ0n) is 38.1. The highest BCUT2D eigenvalue weighted by Crippen LogP contribution is 2.12. The van der Waals surface area contributed by atoms with Crippen molar-refractivity contribution in [1.29, 1.82) is 0 Å². The number of guanidine groups is 1. The number of rotatable bonds is 36. The predicted molar refractivity (Wildman–Crippen MR) is 245 cm³/mol. The average Bonchev–Trinajstić information content (AvgIpc) is 3.25. The molecule has 0 aliphatic rings. The summed E-state index contributed by atoms with van der Waals surface area (Å²) in [4.78, 5) is 144. The molecule has 0 radical (unpaired) electrons. The van der Waals surface area contributed by atoms with Crippen LogP contribution in [0.5, 0.6) is 0 Å². The minimum Gasteiger partial charge on any atom is -0.481 e. The normalized spacial score (nSPS) is 14.9. The topological polar surface area (TPSA) is 495 Å². The number of carboxylic acid groups (broad SMARTS) is 4. The van der Waals surface area contributed by atoms with Crippen molar-refractivity contribution in [3.8, 4) is 0 Å². The Morgan fingerprint density at radius 3 is 1.35 bits per heavy atom. The number of unbranched alkanes of at least 4 members (excludes halogenated alkanes) is 2. The molecule has 0 fully saturated rings. The predicted octanol–water partition coefficient (Wildman–Crippen LogP) is -5.50. The first kappa shape index (κ1) is 61.7. The molecule has 0 rings (SSSR count). The lowest BCUT2D eigenvalue weighted by Gasteiger charge is -2.29. The number of nitrogens with two attached hydrogens (primary N) is 5. The molecule has 7 amide bonds. The number of nitrogens with zero attached hydrogens (tertiary/aromatic N) is 1. The van der Waals surface area contributed by atoms with Crippen molar-refractivity contribution in [1.82, 2.24) is 37.2 Å². The minimum absolute atomic E-state index is 0.0219. The van der Waals surface area contributed by atoms with E-state index in [1.54, 1.807) is 13.8 Å². The van der Waals surface area contributed by atoms with Crippen molar-refractivity contribution in [3.05, 3.63) is 0 Å². The lowest BCUT2D eigenvalue weighted by atomic mass is 9.96. The first-order valence-corrected chi connectivity index (χ1v) is 22.4. The number of carbonyl (C=O) groups excluding carboxylic acids is 7. The molecule has 0 aliphatic heterocycles. The fourth-order valence-corrected chi connectivity index (χ4v) is 6.35. The molecule has 0 bridgehead atoms. The van der Waals surface area contributed by atoms with E-state index >= 15 is 0 Å². The molecule has 9 atom stereocenters. The first-order valence-electron chi connectivity index (χ1n) is 21.7. The van der Waals surface area contributed by atoms with Gasteiger partial charge in [0.15, 0.2) is 5.96 Å². The van der Waals surface area contributed by atoms with Gasteiger partial charge in [0, 0.05) is 12.3 Å². The number of amides is 7. The van der Waals surface area contributed by atoms with Crippen LogP contribution in [0.1, 0.15) is 90.9 Å². The number of nitrogens with one attached hydrogen (secondary N) is 7. The molecular formula is C39H69N13O15S. The van der Waals surface area contributed by atoms with Crippen molar-refractivity contribution in [2.45, 2.75) is 139 Å². The maximum Gasteiger partial charge on any atom is 0.326 e. The molecule has 0 saturated heterocycles. The van der Waals surface area contributed by atoms with Crippen LogP contribution in [0.4, 0.5) is 0 Å². The third-order valence-corrected chi connectivity index (χ3v) is 10.5. The van der Waals surface area contributed by atoms with Crippen molar-refractivity contribution in [2.24, 2.45) is 39.6 Å². The molecule has 0 saturated carbocycles. The van der Waals surface area contributed by atoms with E-state index in [-0.39, 0.29) is 57.6 Å². The lowest BCUT2D eigenvalue weighted by molar-refractivity contribution is -0.148. The lowest BCUT2D eigenvalue weighted by Crippen LogP contribution is -2.61. The number of thiol groups is 1. The van der Waals surface area contributed by atoms with E-state index in [9.17, 15) is 68.1 Å². The molecule has 0 heterocycles. The minimum atomic E-state index is -2.00. The molecule has 28 nitrogen and oxygen atoms in total. The summed E-state index contributed by atoms with van der Waals surface area (Å²) in [5, 5.41) is 53.5. The van der Waals surface area contributed by atoms with Crippen molar-refractivity contribution in [2.75, 3.05) is 25.4 Å². The van der Waals surface area contributed by atoms with Gasteiger partial charge in [0.1, 0.15) is 42.3 Å². The number of aliphatic carboxylic acids is 4. The monoisotopic (exact) mass is 991 g/mol. The van der Waals surface area contributed by atoms with Gasteiger partial charge in [0.05, 0.1) is 25.3 Å². The molecule has 0 spiro atoms. The van der Waals surface area contributed by atoms with Gasteiger partial charge in [0.2, 0.25) is 41.4 Å². The number of aliphatic imine (C=N–C) groups is 1. The Labute approximate surface area is 397 Å². The molecular weight excluding hydrogens is 923 g/mol. The van der Waals surface area contributed by atoms with Crippen LogP contribution in [0.3, 0.4) is 0 Å². The Balaban J connectivity index is 6.58. The fraction of sp³-hybridized carbons (Fsp3) is 0.692. The van der Waals surface area contributed by atoms with Gasteiger partial charge in [-0.1, -0.05) is 26.7 Å². The van der Waals surface area contributed by atoms with Crippen LogP contribution in [0.25, 0.3) is 0 Å². The summed E-state index contributed by atoms with van der Waals surface area (Å²) in [5.41, 5.74) is 27.9. The van der Waals surface area contributed by atoms with Crippen LogP contribution in [-0.4, -0.2) is 165 Å². The van der Waals surface area contributed by atoms with E-state index in [1.807, 2.05) is 5.32 Å². The van der Waals surface area contributed by atoms with Crippen molar-refractivity contribution >= 4 is 83.8 Å². The maximum atomic E-state index is 14.0. The van der Waals surface area contributed by atoms with Crippen LogP contribution < -0.4 is 65.9 Å². The Morgan fingerprint density at radius 1 is 0.515 bits per heavy atom. The van der Waals surface area contributed by atoms with Gasteiger partial charge in [0.25, 0.3) is 0 Å². The summed E-state index contributed by atoms with van der Waals surface area (Å²) >= 11 is 4.17. The molecule has 0 aliphatic carbocycles. The number of carbonyl (C=O) groups is 11. The van der Waals surface area contributed by atoms with E-state index in [2.05, 4.69) is 49.5 Å². The van der Waals surface area contributed by atoms with Gasteiger partial charge in [-0.15, -0.1) is 0 Å². The molecule has 0 aromatic carbocycles. The third kappa shape index (κ3) is 25.0. The van der Waals surface area contributed by atoms with Crippen LogP contribution >= 0.6 is 12.6 Å². The second-order valence-corrected chi connectivity index (χ2v) is 16.0. The summed E-state index contributed by atoms with van der Waals surface area (Å²) in [5.74, 6) is -15.0. The number of carboxylic acids is 4. The maximum absolute atomic E-state index is 14.0. The smallest absolute Gasteiger partial charge is 0.326 e. The number of hydrogen-bond donors (Lipinski definition) is 17. The second-order valence-electron chi connectivity index (χ2n) is 15.7. The highest BCUT2D eigenvalue weighted by Gasteiger charge is 2.36. The SMILES string of the molecule is CC[C@H](C)[C@H](NC(=O)[C@H](CC(=O)O)NC(=O)[C@@H](N)CCCCN)C(=O)N[C@@H](CCCN=C(N)N)C(=O)N[C@@H](CS)C(=O)N[C@@H](CCCCN)C(=O)N[C@@H](CC(=O)O)C(=O)N[C@@H](CC(=O)O)C(=O)O. The molecule has 386 valence electrons. The van der Waals surface area contributed by atoms with E-state index in [4.69, 9.17) is 33.8 Å². The quantitative estimate of drug-likeness (QED) is 0.0120. The van der Waals surface area contributed by atoms with Gasteiger partial charge >= 0.3 is 23.9 Å². The zero-order chi connectivity index (χ0) is 52.1. The van der Waals surface area contributed by atoms with Crippen LogP contribution in [0.2, 0.25) is 0 Å². The largest absolute Gasteiger partial charge is 0.481 e. The fourth-order valence-electron chi connectivity index (χ4n) is 6.10. The molecule has 29 heteroatoms. The van der Waals surface area contributed by atoms with Crippen molar-refractivity contribution in [3.63, 3.8) is 0 Å². The molecule has 21 N–H and O–H groups in total. The Morgan fingerprint density at radius 2 is 0.897 bits per heavy atom. The summed E-state index contributed by atoms with van der Waals surface area (Å²) in [6.45, 7) is 3.75. The summed E-state index contributed by atoms with van der Waals surface area (Å²) in [6, 6.07) is -12.6. The Bertz CT molecular complexity index is 1770. The van der Waals surface area contributed by atoms with Gasteiger partial charge in [-0.05, 0) is 64.0 Å². The molecule has 0 unspecified atom stereocenters. The molecule has 0 aromatic heterocycles. The Kier molecular flexibility index (Phi) is 30.1. The third-order valence-electron chi connectivity index (χ3n) is 10.1. The van der Waals surface area contributed by atoms with E-state index in [0.29, 0.717) is 25.8 Å². The summed E-state index contributed by atoms with van der Waals surface area (Å²) in [6.07, 6.45) is -1.22. The first-order chi connectivity index (χ1) is 31.9. The highest BCUT2D eigenvalue weighted by atomic mass is 32.1. The van der Waals surface area contributed by atoms with Gasteiger partial charge in [-0.25, -0.2) is 4.79 Å².